The van der Waals surface area contributed by atoms with E-state index in [2.05, 4.69) is 10.3 Å². The third-order valence-corrected chi connectivity index (χ3v) is 2.26. The van der Waals surface area contributed by atoms with Crippen molar-refractivity contribution in [2.24, 2.45) is 0 Å². The van der Waals surface area contributed by atoms with Crippen LogP contribution < -0.4 is 5.32 Å². The first-order valence-electron chi connectivity index (χ1n) is 5.08. The van der Waals surface area contributed by atoms with Gasteiger partial charge in [-0.25, -0.2) is 4.98 Å². The lowest BCUT2D eigenvalue weighted by Crippen LogP contribution is -2.28. The molecule has 0 bridgehead atoms. The predicted molar refractivity (Wildman–Crippen MR) is 56.5 cm³/mol. The molecule has 0 unspecified atom stereocenters. The van der Waals surface area contributed by atoms with Crippen molar-refractivity contribution in [3.63, 3.8) is 0 Å². The molecule has 0 aliphatic heterocycles. The second kappa shape index (κ2) is 4.37. The van der Waals surface area contributed by atoms with Gasteiger partial charge in [-0.2, -0.15) is 13.2 Å². The minimum absolute atomic E-state index is 0.0341. The highest BCUT2D eigenvalue weighted by Crippen LogP contribution is 2.19. The highest BCUT2D eigenvalue weighted by atomic mass is 19.4. The third-order valence-electron chi connectivity index (χ3n) is 2.26. The van der Waals surface area contributed by atoms with E-state index in [9.17, 15) is 13.2 Å². The second-order valence-electron chi connectivity index (χ2n) is 3.75. The van der Waals surface area contributed by atoms with Crippen LogP contribution >= 0.6 is 0 Å². The Kier molecular flexibility index (Phi) is 3.06. The predicted octanol–water partition coefficient (Wildman–Crippen LogP) is 2.79. The summed E-state index contributed by atoms with van der Waals surface area (Å²) in [5.41, 5.74) is 2.20. The van der Waals surface area contributed by atoms with Crippen molar-refractivity contribution in [3.05, 3.63) is 29.7 Å². The monoisotopic (exact) mass is 244 g/mol. The molecule has 0 saturated carbocycles. The van der Waals surface area contributed by atoms with Crippen molar-refractivity contribution in [2.75, 3.05) is 6.54 Å². The van der Waals surface area contributed by atoms with Crippen LogP contribution in [0.5, 0.6) is 0 Å². The Labute approximate surface area is 95.6 Å². The summed E-state index contributed by atoms with van der Waals surface area (Å²) in [6.45, 7) is 0.777. The zero-order chi connectivity index (χ0) is 12.5. The van der Waals surface area contributed by atoms with E-state index in [4.69, 9.17) is 4.42 Å². The number of oxazole rings is 1. The molecule has 0 fully saturated rings. The third kappa shape index (κ3) is 2.97. The molecule has 2 rings (SSSR count). The molecular formula is C11H11F3N2O. The quantitative estimate of drug-likeness (QED) is 0.902. The maximum Gasteiger partial charge on any atom is 0.401 e. The summed E-state index contributed by atoms with van der Waals surface area (Å²) < 4.78 is 41.1. The van der Waals surface area contributed by atoms with Crippen LogP contribution in [-0.2, 0) is 6.54 Å². The van der Waals surface area contributed by atoms with Crippen LogP contribution in [0.3, 0.4) is 0 Å². The molecule has 1 heterocycles. The first-order chi connectivity index (χ1) is 7.96. The highest BCUT2D eigenvalue weighted by molar-refractivity contribution is 5.75. The van der Waals surface area contributed by atoms with Gasteiger partial charge in [-0.3, -0.25) is 0 Å². The number of hydrogen-bond acceptors (Lipinski definition) is 3. The first-order valence-corrected chi connectivity index (χ1v) is 5.08. The summed E-state index contributed by atoms with van der Waals surface area (Å²) in [6.07, 6.45) is -4.22. The minimum Gasteiger partial charge on any atom is -0.439 e. The summed E-state index contributed by atoms with van der Waals surface area (Å²) in [4.78, 5) is 4.10. The van der Waals surface area contributed by atoms with E-state index in [1.54, 1.807) is 6.07 Å². The summed E-state index contributed by atoms with van der Waals surface area (Å²) in [6, 6.07) is 5.45. The number of benzene rings is 1. The van der Waals surface area contributed by atoms with Crippen molar-refractivity contribution in [2.45, 2.75) is 19.6 Å². The number of rotatable bonds is 3. The van der Waals surface area contributed by atoms with Crippen LogP contribution in [0.25, 0.3) is 11.1 Å². The lowest BCUT2D eigenvalue weighted by molar-refractivity contribution is -0.125. The molecule has 3 nitrogen and oxygen atoms in total. The molecule has 0 spiro atoms. The highest BCUT2D eigenvalue weighted by Gasteiger charge is 2.26. The Balaban J connectivity index is 2.07. The summed E-state index contributed by atoms with van der Waals surface area (Å²) in [5, 5.41) is 2.24. The van der Waals surface area contributed by atoms with Crippen LogP contribution in [0.15, 0.2) is 22.6 Å². The molecule has 1 aromatic carbocycles. The van der Waals surface area contributed by atoms with E-state index < -0.39 is 12.7 Å². The smallest absolute Gasteiger partial charge is 0.401 e. The number of halogens is 3. The summed E-state index contributed by atoms with van der Waals surface area (Å²) in [7, 11) is 0. The van der Waals surface area contributed by atoms with Crippen molar-refractivity contribution >= 4 is 11.1 Å². The van der Waals surface area contributed by atoms with Gasteiger partial charge in [-0.15, -0.1) is 0 Å². The molecule has 0 aliphatic carbocycles. The topological polar surface area (TPSA) is 38.1 Å². The molecule has 0 aliphatic rings. The van der Waals surface area contributed by atoms with Gasteiger partial charge in [-0.05, 0) is 18.6 Å². The van der Waals surface area contributed by atoms with Gasteiger partial charge >= 0.3 is 6.18 Å². The van der Waals surface area contributed by atoms with Crippen LogP contribution in [0, 0.1) is 6.92 Å². The molecule has 92 valence electrons. The van der Waals surface area contributed by atoms with Crippen molar-refractivity contribution < 1.29 is 17.6 Å². The minimum atomic E-state index is -4.22. The van der Waals surface area contributed by atoms with E-state index in [1.165, 1.54) is 0 Å². The maximum atomic E-state index is 11.9. The second-order valence-corrected chi connectivity index (χ2v) is 3.75. The van der Waals surface area contributed by atoms with Gasteiger partial charge in [0.15, 0.2) is 5.58 Å². The molecule has 17 heavy (non-hydrogen) atoms. The molecule has 1 N–H and O–H groups in total. The average Bonchev–Trinajstić information content (AvgIpc) is 2.60. The van der Waals surface area contributed by atoms with E-state index in [0.29, 0.717) is 11.1 Å². The van der Waals surface area contributed by atoms with Gasteiger partial charge < -0.3 is 9.73 Å². The lowest BCUT2D eigenvalue weighted by Gasteiger charge is -2.05. The van der Waals surface area contributed by atoms with Crippen LogP contribution in [0.4, 0.5) is 13.2 Å². The number of aryl methyl sites for hydroxylation is 1. The largest absolute Gasteiger partial charge is 0.439 e. The fourth-order valence-electron chi connectivity index (χ4n) is 1.52. The van der Waals surface area contributed by atoms with E-state index >= 15 is 0 Å². The Morgan fingerprint density at radius 2 is 2.12 bits per heavy atom. The molecule has 1 aromatic heterocycles. The van der Waals surface area contributed by atoms with Crippen molar-refractivity contribution in [1.82, 2.24) is 10.3 Å². The number of nitrogens with zero attached hydrogens (tertiary/aromatic N) is 1. The van der Waals surface area contributed by atoms with E-state index in [1.807, 2.05) is 19.1 Å². The molecular weight excluding hydrogens is 233 g/mol. The number of nitrogens with one attached hydrogen (secondary N) is 1. The number of alkyl halides is 3. The van der Waals surface area contributed by atoms with Crippen LogP contribution in [0.2, 0.25) is 0 Å². The van der Waals surface area contributed by atoms with Gasteiger partial charge in [0.2, 0.25) is 5.89 Å². The Morgan fingerprint density at radius 1 is 1.35 bits per heavy atom. The average molecular weight is 244 g/mol. The van der Waals surface area contributed by atoms with Gasteiger partial charge in [0, 0.05) is 0 Å². The zero-order valence-electron chi connectivity index (χ0n) is 9.14. The number of hydrogen-bond donors (Lipinski definition) is 1. The van der Waals surface area contributed by atoms with E-state index in [-0.39, 0.29) is 12.4 Å². The molecule has 2 aromatic rings. The number of para-hydroxylation sites is 1. The lowest BCUT2D eigenvalue weighted by atomic mass is 10.2. The number of fused-ring (bicyclic) bond motifs is 1. The van der Waals surface area contributed by atoms with Crippen LogP contribution in [0.1, 0.15) is 11.5 Å². The van der Waals surface area contributed by atoms with Crippen LogP contribution in [-0.4, -0.2) is 17.7 Å². The van der Waals surface area contributed by atoms with Gasteiger partial charge in [0.1, 0.15) is 5.52 Å². The number of aromatic nitrogens is 1. The SMILES string of the molecule is Cc1cccc2nc(CNCC(F)(F)F)oc12. The fraction of sp³-hybridized carbons (Fsp3) is 0.364. The Morgan fingerprint density at radius 3 is 2.76 bits per heavy atom. The molecule has 6 heteroatoms. The molecule has 0 amide bonds. The zero-order valence-corrected chi connectivity index (χ0v) is 9.14. The summed E-state index contributed by atoms with van der Waals surface area (Å²) >= 11 is 0. The molecule has 0 atom stereocenters. The molecule has 0 saturated heterocycles. The first kappa shape index (κ1) is 11.9. The van der Waals surface area contributed by atoms with Gasteiger partial charge in [0.25, 0.3) is 0 Å². The fourth-order valence-corrected chi connectivity index (χ4v) is 1.52. The van der Waals surface area contributed by atoms with E-state index in [0.717, 1.165) is 5.56 Å². The maximum absolute atomic E-state index is 11.9. The van der Waals surface area contributed by atoms with Gasteiger partial charge in [0.05, 0.1) is 13.1 Å². The van der Waals surface area contributed by atoms with Crippen molar-refractivity contribution in [1.29, 1.82) is 0 Å². The van der Waals surface area contributed by atoms with Gasteiger partial charge in [-0.1, -0.05) is 12.1 Å². The Hall–Kier alpha value is -1.56. The molecule has 0 radical (unpaired) electrons. The summed E-state index contributed by atoms with van der Waals surface area (Å²) in [5.74, 6) is 0.263. The normalized spacial score (nSPS) is 12.2. The van der Waals surface area contributed by atoms with Crippen molar-refractivity contribution in [3.8, 4) is 0 Å². The standard InChI is InChI=1S/C11H11F3N2O/c1-7-3-2-4-8-10(7)17-9(16-8)5-15-6-11(12,13)14/h2-4,15H,5-6H2,1H3. The Bertz CT molecular complexity index is 519.